The van der Waals surface area contributed by atoms with Crippen LogP contribution in [-0.2, 0) is 14.8 Å². The third-order valence-electron chi connectivity index (χ3n) is 5.14. The number of carbonyl (C=O) groups is 1. The standard InChI is InChI=1S/C24H19FN4O6S/c1-35-24(32)27-26-14-19-17-9-2-3-10-18(17)22(30)29(23(19)31)15-7-6-8-16(13-15)36(33,34)28-21-12-5-4-11-20(21)25/h2-14,28,31H,1H3,(H,27,32)/b26-14+. The van der Waals surface area contributed by atoms with Gasteiger partial charge < -0.3 is 9.84 Å². The molecule has 10 nitrogen and oxygen atoms in total. The SMILES string of the molecule is COC(=O)N/N=C/c1c(O)n(-c2cccc(S(=O)(=O)Nc3ccccc3F)c2)c(=O)c2ccccc12. The number of pyridine rings is 1. The van der Waals surface area contributed by atoms with Crippen molar-refractivity contribution in [3.63, 3.8) is 0 Å². The van der Waals surface area contributed by atoms with E-state index >= 15 is 0 Å². The summed E-state index contributed by atoms with van der Waals surface area (Å²) in [5, 5.41) is 15.3. The van der Waals surface area contributed by atoms with Gasteiger partial charge in [-0.3, -0.25) is 9.52 Å². The van der Waals surface area contributed by atoms with Crippen LogP contribution in [0.2, 0.25) is 0 Å². The second kappa shape index (κ2) is 9.88. The zero-order chi connectivity index (χ0) is 25.9. The molecule has 0 aliphatic rings. The van der Waals surface area contributed by atoms with Crippen molar-refractivity contribution in [2.75, 3.05) is 11.8 Å². The third-order valence-corrected chi connectivity index (χ3v) is 6.51. The maximum atomic E-state index is 14.0. The van der Waals surface area contributed by atoms with Crippen LogP contribution in [-0.4, -0.2) is 37.5 Å². The number of sulfonamides is 1. The van der Waals surface area contributed by atoms with Crippen molar-refractivity contribution in [1.29, 1.82) is 0 Å². The first kappa shape index (κ1) is 24.4. The summed E-state index contributed by atoms with van der Waals surface area (Å²) in [5.74, 6) is -1.31. The molecule has 0 radical (unpaired) electrons. The highest BCUT2D eigenvalue weighted by Crippen LogP contribution is 2.27. The minimum Gasteiger partial charge on any atom is -0.494 e. The highest BCUT2D eigenvalue weighted by atomic mass is 32.2. The Morgan fingerprint density at radius 3 is 2.47 bits per heavy atom. The fourth-order valence-corrected chi connectivity index (χ4v) is 4.57. The van der Waals surface area contributed by atoms with Crippen LogP contribution in [0.5, 0.6) is 5.88 Å². The van der Waals surface area contributed by atoms with Crippen LogP contribution < -0.4 is 15.7 Å². The van der Waals surface area contributed by atoms with Gasteiger partial charge in [-0.25, -0.2) is 27.6 Å². The summed E-state index contributed by atoms with van der Waals surface area (Å²) in [6.07, 6.45) is 0.286. The Hall–Kier alpha value is -4.71. The van der Waals surface area contributed by atoms with Crippen LogP contribution in [0.4, 0.5) is 14.9 Å². The molecule has 0 atom stereocenters. The number of benzene rings is 3. The zero-order valence-electron chi connectivity index (χ0n) is 18.7. The van der Waals surface area contributed by atoms with E-state index in [0.717, 1.165) is 30.0 Å². The highest BCUT2D eigenvalue weighted by Gasteiger charge is 2.20. The number of nitrogens with one attached hydrogen (secondary N) is 2. The number of halogens is 1. The molecule has 0 unspecified atom stereocenters. The van der Waals surface area contributed by atoms with Crippen LogP contribution >= 0.6 is 0 Å². The first-order chi connectivity index (χ1) is 17.2. The van der Waals surface area contributed by atoms with Gasteiger partial charge in [-0.1, -0.05) is 36.4 Å². The number of methoxy groups -OCH3 is 1. The van der Waals surface area contributed by atoms with Gasteiger partial charge in [-0.15, -0.1) is 0 Å². The van der Waals surface area contributed by atoms with Gasteiger partial charge in [0, 0.05) is 10.8 Å². The molecular formula is C24H19FN4O6S. The van der Waals surface area contributed by atoms with E-state index in [4.69, 9.17) is 0 Å². The summed E-state index contributed by atoms with van der Waals surface area (Å²) in [5.41, 5.74) is 1.33. The van der Waals surface area contributed by atoms with Crippen LogP contribution in [0.25, 0.3) is 16.5 Å². The summed E-state index contributed by atoms with van der Waals surface area (Å²) >= 11 is 0. The molecule has 0 saturated carbocycles. The smallest absolute Gasteiger partial charge is 0.427 e. The van der Waals surface area contributed by atoms with Gasteiger partial charge in [-0.2, -0.15) is 5.10 Å². The molecule has 184 valence electrons. The average molecular weight is 511 g/mol. The number of nitrogens with zero attached hydrogens (tertiary/aromatic N) is 2. The number of hydrazone groups is 1. The van der Waals surface area contributed by atoms with E-state index in [0.29, 0.717) is 5.39 Å². The number of fused-ring (bicyclic) bond motifs is 1. The lowest BCUT2D eigenvalue weighted by Crippen LogP contribution is -2.21. The molecular weight excluding hydrogens is 491 g/mol. The minimum absolute atomic E-state index is 0.0234. The Bertz CT molecular complexity index is 1670. The number of ether oxygens (including phenoxy) is 1. The second-order valence-corrected chi connectivity index (χ2v) is 9.05. The molecule has 0 spiro atoms. The van der Waals surface area contributed by atoms with Gasteiger partial charge in [0.15, 0.2) is 0 Å². The first-order valence-corrected chi connectivity index (χ1v) is 11.8. The van der Waals surface area contributed by atoms with Crippen LogP contribution in [0.1, 0.15) is 5.56 Å². The molecule has 0 fully saturated rings. The maximum Gasteiger partial charge on any atom is 0.427 e. The van der Waals surface area contributed by atoms with E-state index in [9.17, 15) is 27.5 Å². The van der Waals surface area contributed by atoms with E-state index in [-0.39, 0.29) is 27.2 Å². The number of aromatic hydroxyl groups is 1. The van der Waals surface area contributed by atoms with Gasteiger partial charge in [0.2, 0.25) is 5.88 Å². The van der Waals surface area contributed by atoms with Crippen LogP contribution in [0.3, 0.4) is 0 Å². The molecule has 0 bridgehead atoms. The van der Waals surface area contributed by atoms with Crippen molar-refractivity contribution < 1.29 is 27.4 Å². The van der Waals surface area contributed by atoms with Gasteiger partial charge in [-0.05, 0) is 36.4 Å². The van der Waals surface area contributed by atoms with Gasteiger partial charge in [0.25, 0.3) is 15.6 Å². The number of rotatable bonds is 6. The molecule has 1 amide bonds. The van der Waals surface area contributed by atoms with Crippen molar-refractivity contribution in [3.8, 4) is 11.6 Å². The van der Waals surface area contributed by atoms with Crippen molar-refractivity contribution in [2.45, 2.75) is 4.90 Å². The largest absolute Gasteiger partial charge is 0.494 e. The minimum atomic E-state index is -4.25. The average Bonchev–Trinajstić information content (AvgIpc) is 2.87. The lowest BCUT2D eigenvalue weighted by atomic mass is 10.1. The van der Waals surface area contributed by atoms with Crippen molar-refractivity contribution in [1.82, 2.24) is 9.99 Å². The normalized spacial score (nSPS) is 11.5. The molecule has 0 saturated heterocycles. The van der Waals surface area contributed by atoms with Crippen molar-refractivity contribution in [2.24, 2.45) is 5.10 Å². The van der Waals surface area contributed by atoms with E-state index in [1.54, 1.807) is 18.2 Å². The summed E-state index contributed by atoms with van der Waals surface area (Å²) in [6.45, 7) is 0. The monoisotopic (exact) mass is 510 g/mol. The predicted octanol–water partition coefficient (Wildman–Crippen LogP) is 3.33. The van der Waals surface area contributed by atoms with Crippen molar-refractivity contribution in [3.05, 3.63) is 94.5 Å². The molecule has 0 aliphatic carbocycles. The first-order valence-electron chi connectivity index (χ1n) is 10.3. The maximum absolute atomic E-state index is 14.0. The number of hydrogen-bond acceptors (Lipinski definition) is 7. The number of anilines is 1. The van der Waals surface area contributed by atoms with Gasteiger partial charge in [0.05, 0.1) is 35.2 Å². The Morgan fingerprint density at radius 2 is 1.75 bits per heavy atom. The topological polar surface area (TPSA) is 139 Å². The van der Waals surface area contributed by atoms with Crippen LogP contribution in [0, 0.1) is 5.82 Å². The lowest BCUT2D eigenvalue weighted by Gasteiger charge is -2.15. The van der Waals surface area contributed by atoms with Gasteiger partial charge in [0.1, 0.15) is 5.82 Å². The number of hydrogen-bond donors (Lipinski definition) is 3. The Kier molecular flexibility index (Phi) is 6.70. The second-order valence-electron chi connectivity index (χ2n) is 7.37. The third kappa shape index (κ3) is 4.74. The van der Waals surface area contributed by atoms with E-state index in [1.807, 2.05) is 0 Å². The van der Waals surface area contributed by atoms with E-state index in [1.165, 1.54) is 42.5 Å². The molecule has 1 heterocycles. The summed E-state index contributed by atoms with van der Waals surface area (Å²) < 4.78 is 47.4. The Morgan fingerprint density at radius 1 is 1.06 bits per heavy atom. The quantitative estimate of drug-likeness (QED) is 0.269. The van der Waals surface area contributed by atoms with Crippen molar-refractivity contribution >= 4 is 38.8 Å². The molecule has 36 heavy (non-hydrogen) atoms. The zero-order valence-corrected chi connectivity index (χ0v) is 19.5. The molecule has 3 aromatic carbocycles. The summed E-state index contributed by atoms with van der Waals surface area (Å²) in [4.78, 5) is 24.3. The molecule has 0 aliphatic heterocycles. The molecule has 4 rings (SSSR count). The fraction of sp³-hybridized carbons (Fsp3) is 0.0417. The summed E-state index contributed by atoms with van der Waals surface area (Å²) in [6, 6.07) is 16.9. The molecule has 1 aromatic heterocycles. The number of carbonyl (C=O) groups excluding carboxylic acids is 1. The number of aromatic nitrogens is 1. The predicted molar refractivity (Wildman–Crippen MR) is 132 cm³/mol. The summed E-state index contributed by atoms with van der Waals surface area (Å²) in [7, 11) is -3.09. The fourth-order valence-electron chi connectivity index (χ4n) is 3.46. The molecule has 4 aromatic rings. The number of amides is 1. The lowest BCUT2D eigenvalue weighted by molar-refractivity contribution is 0.171. The Balaban J connectivity index is 1.85. The highest BCUT2D eigenvalue weighted by molar-refractivity contribution is 7.92. The Labute approximate surface area is 204 Å². The number of para-hydroxylation sites is 1. The van der Waals surface area contributed by atoms with E-state index in [2.05, 4.69) is 20.0 Å². The van der Waals surface area contributed by atoms with E-state index < -0.39 is 33.4 Å². The molecule has 12 heteroatoms. The van der Waals surface area contributed by atoms with Crippen LogP contribution in [0.15, 0.2) is 87.6 Å². The molecule has 3 N–H and O–H groups in total. The van der Waals surface area contributed by atoms with Gasteiger partial charge >= 0.3 is 6.09 Å².